The van der Waals surface area contributed by atoms with Crippen LogP contribution in [0.1, 0.15) is 0 Å². The molecule has 114 valence electrons. The molecule has 0 aliphatic rings. The second-order valence-corrected chi connectivity index (χ2v) is 4.97. The Bertz CT molecular complexity index is 854. The Morgan fingerprint density at radius 3 is 2.50 bits per heavy atom. The van der Waals surface area contributed by atoms with Gasteiger partial charge in [0.1, 0.15) is 11.5 Å². The molecule has 0 atom stereocenters. The number of rotatable bonds is 5. The number of anilines is 1. The van der Waals surface area contributed by atoms with E-state index < -0.39 is 0 Å². The Morgan fingerprint density at radius 2 is 1.77 bits per heavy atom. The number of aliphatic hydroxyl groups excluding tert-OH is 2. The first-order chi connectivity index (χ1) is 10.7. The Balaban J connectivity index is 2.21. The first kappa shape index (κ1) is 14.5. The minimum atomic E-state index is -0.183. The van der Waals surface area contributed by atoms with Gasteiger partial charge in [-0.2, -0.15) is 0 Å². The van der Waals surface area contributed by atoms with Gasteiger partial charge in [-0.15, -0.1) is 0 Å². The zero-order valence-corrected chi connectivity index (χ0v) is 12.0. The van der Waals surface area contributed by atoms with Gasteiger partial charge in [-0.3, -0.25) is 9.20 Å². The van der Waals surface area contributed by atoms with Crippen molar-refractivity contribution in [3.05, 3.63) is 52.8 Å². The number of hydrogen-bond donors (Lipinski definition) is 2. The normalized spacial score (nSPS) is 11.2. The summed E-state index contributed by atoms with van der Waals surface area (Å²) in [4.78, 5) is 18.7. The second kappa shape index (κ2) is 6.13. The quantitative estimate of drug-likeness (QED) is 0.676. The van der Waals surface area contributed by atoms with Gasteiger partial charge in [0.2, 0.25) is 0 Å². The third-order valence-electron chi connectivity index (χ3n) is 3.58. The predicted molar refractivity (Wildman–Crippen MR) is 85.4 cm³/mol. The molecular formula is C16H17N3O3. The number of aromatic nitrogens is 2. The fourth-order valence-corrected chi connectivity index (χ4v) is 2.58. The van der Waals surface area contributed by atoms with E-state index in [9.17, 15) is 4.79 Å². The number of hydrogen-bond acceptors (Lipinski definition) is 5. The lowest BCUT2D eigenvalue weighted by molar-refractivity contribution is 0.280. The standard InChI is InChI=1S/C16H17N3O3/c20-9-7-18(8-10-21)15-11-16(22)19-13-4-2-1-3-12(13)5-6-14(19)17-15/h1-6,11,20-21H,7-10H2. The SMILES string of the molecule is O=c1cc(N(CCO)CCO)nc2ccc3ccccc3n12. The van der Waals surface area contributed by atoms with Crippen LogP contribution in [0.2, 0.25) is 0 Å². The fourth-order valence-electron chi connectivity index (χ4n) is 2.58. The van der Waals surface area contributed by atoms with Crippen LogP contribution in [0.25, 0.3) is 16.6 Å². The highest BCUT2D eigenvalue weighted by atomic mass is 16.3. The molecule has 0 aliphatic carbocycles. The van der Waals surface area contributed by atoms with Crippen molar-refractivity contribution < 1.29 is 10.2 Å². The molecule has 2 aromatic heterocycles. The average molecular weight is 299 g/mol. The molecule has 2 N–H and O–H groups in total. The van der Waals surface area contributed by atoms with Crippen LogP contribution in [0.5, 0.6) is 0 Å². The number of para-hydroxylation sites is 1. The lowest BCUT2D eigenvalue weighted by Crippen LogP contribution is -2.32. The number of nitrogens with zero attached hydrogens (tertiary/aromatic N) is 3. The van der Waals surface area contributed by atoms with Crippen molar-refractivity contribution in [2.45, 2.75) is 0 Å². The van der Waals surface area contributed by atoms with Crippen LogP contribution in [-0.2, 0) is 0 Å². The van der Waals surface area contributed by atoms with Crippen LogP contribution in [0.4, 0.5) is 5.82 Å². The second-order valence-electron chi connectivity index (χ2n) is 4.97. The summed E-state index contributed by atoms with van der Waals surface area (Å²) in [5.74, 6) is 0.461. The maximum absolute atomic E-state index is 12.5. The lowest BCUT2D eigenvalue weighted by atomic mass is 10.2. The summed E-state index contributed by atoms with van der Waals surface area (Å²) in [6.07, 6.45) is 0. The number of aliphatic hydroxyl groups is 2. The highest BCUT2D eigenvalue weighted by Crippen LogP contribution is 2.16. The summed E-state index contributed by atoms with van der Waals surface area (Å²) in [5.41, 5.74) is 1.17. The summed E-state index contributed by atoms with van der Waals surface area (Å²) in [5, 5.41) is 19.2. The smallest absolute Gasteiger partial charge is 0.260 e. The first-order valence-electron chi connectivity index (χ1n) is 7.13. The Hall–Kier alpha value is -2.44. The van der Waals surface area contributed by atoms with Crippen molar-refractivity contribution in [2.75, 3.05) is 31.2 Å². The van der Waals surface area contributed by atoms with Gasteiger partial charge in [0.15, 0.2) is 0 Å². The minimum Gasteiger partial charge on any atom is -0.395 e. The maximum Gasteiger partial charge on any atom is 0.260 e. The van der Waals surface area contributed by atoms with Crippen LogP contribution in [0.15, 0.2) is 47.3 Å². The Kier molecular flexibility index (Phi) is 4.04. The van der Waals surface area contributed by atoms with Gasteiger partial charge in [-0.25, -0.2) is 4.98 Å². The van der Waals surface area contributed by atoms with E-state index in [2.05, 4.69) is 4.98 Å². The van der Waals surface area contributed by atoms with E-state index in [0.717, 1.165) is 10.9 Å². The topological polar surface area (TPSA) is 78.1 Å². The van der Waals surface area contributed by atoms with E-state index in [1.165, 1.54) is 6.07 Å². The zero-order valence-electron chi connectivity index (χ0n) is 12.0. The molecule has 1 aromatic carbocycles. The van der Waals surface area contributed by atoms with Crippen LogP contribution in [-0.4, -0.2) is 45.9 Å². The average Bonchev–Trinajstić information content (AvgIpc) is 2.54. The molecule has 0 spiro atoms. The Labute approximate surface area is 126 Å². The summed E-state index contributed by atoms with van der Waals surface area (Å²) >= 11 is 0. The molecule has 2 heterocycles. The van der Waals surface area contributed by atoms with Crippen LogP contribution >= 0.6 is 0 Å². The van der Waals surface area contributed by atoms with Gasteiger partial charge in [0.25, 0.3) is 5.56 Å². The molecule has 0 saturated heterocycles. The van der Waals surface area contributed by atoms with Gasteiger partial charge in [-0.05, 0) is 23.6 Å². The molecule has 0 radical (unpaired) electrons. The molecular weight excluding hydrogens is 282 g/mol. The predicted octanol–water partition coefficient (Wildman–Crippen LogP) is 0.639. The molecule has 0 aliphatic heterocycles. The van der Waals surface area contributed by atoms with Crippen molar-refractivity contribution in [1.29, 1.82) is 0 Å². The van der Waals surface area contributed by atoms with Gasteiger partial charge >= 0.3 is 0 Å². The molecule has 0 saturated carbocycles. The molecule has 0 amide bonds. The molecule has 3 aromatic rings. The van der Waals surface area contributed by atoms with E-state index in [1.54, 1.807) is 15.4 Å². The van der Waals surface area contributed by atoms with Crippen molar-refractivity contribution in [2.24, 2.45) is 0 Å². The van der Waals surface area contributed by atoms with Gasteiger partial charge in [0.05, 0.1) is 18.7 Å². The van der Waals surface area contributed by atoms with Gasteiger partial charge < -0.3 is 15.1 Å². The zero-order chi connectivity index (χ0) is 15.5. The molecule has 6 nitrogen and oxygen atoms in total. The maximum atomic E-state index is 12.5. The number of benzene rings is 1. The monoisotopic (exact) mass is 299 g/mol. The van der Waals surface area contributed by atoms with E-state index in [-0.39, 0.29) is 18.8 Å². The molecule has 3 rings (SSSR count). The van der Waals surface area contributed by atoms with E-state index in [1.807, 2.05) is 30.3 Å². The highest BCUT2D eigenvalue weighted by molar-refractivity contribution is 5.81. The van der Waals surface area contributed by atoms with E-state index >= 15 is 0 Å². The van der Waals surface area contributed by atoms with Gasteiger partial charge in [0, 0.05) is 19.2 Å². The van der Waals surface area contributed by atoms with Crippen LogP contribution < -0.4 is 10.5 Å². The first-order valence-corrected chi connectivity index (χ1v) is 7.13. The molecule has 0 bridgehead atoms. The third-order valence-corrected chi connectivity index (χ3v) is 3.58. The third kappa shape index (κ3) is 2.54. The number of fused-ring (bicyclic) bond motifs is 3. The molecule has 22 heavy (non-hydrogen) atoms. The fraction of sp³-hybridized carbons (Fsp3) is 0.250. The lowest BCUT2D eigenvalue weighted by Gasteiger charge is -2.21. The van der Waals surface area contributed by atoms with E-state index in [4.69, 9.17) is 10.2 Å². The molecule has 0 unspecified atom stereocenters. The van der Waals surface area contributed by atoms with Crippen LogP contribution in [0, 0.1) is 0 Å². The van der Waals surface area contributed by atoms with Crippen molar-refractivity contribution in [1.82, 2.24) is 9.38 Å². The summed E-state index contributed by atoms with van der Waals surface area (Å²) in [7, 11) is 0. The van der Waals surface area contributed by atoms with Crippen molar-refractivity contribution in [3.63, 3.8) is 0 Å². The van der Waals surface area contributed by atoms with Crippen molar-refractivity contribution >= 4 is 22.4 Å². The minimum absolute atomic E-state index is 0.0707. The number of pyridine rings is 1. The van der Waals surface area contributed by atoms with E-state index in [0.29, 0.717) is 24.6 Å². The molecule has 6 heteroatoms. The summed E-state index contributed by atoms with van der Waals surface area (Å²) in [6, 6.07) is 12.8. The summed E-state index contributed by atoms with van der Waals surface area (Å²) in [6.45, 7) is 0.491. The summed E-state index contributed by atoms with van der Waals surface area (Å²) < 4.78 is 1.56. The Morgan fingerprint density at radius 1 is 1.05 bits per heavy atom. The van der Waals surface area contributed by atoms with Crippen LogP contribution in [0.3, 0.4) is 0 Å². The van der Waals surface area contributed by atoms with Gasteiger partial charge in [-0.1, -0.05) is 18.2 Å². The van der Waals surface area contributed by atoms with Crippen molar-refractivity contribution in [3.8, 4) is 0 Å². The highest BCUT2D eigenvalue weighted by Gasteiger charge is 2.11. The largest absolute Gasteiger partial charge is 0.395 e. The molecule has 0 fully saturated rings.